The highest BCUT2D eigenvalue weighted by atomic mass is 32.2. The quantitative estimate of drug-likeness (QED) is 0.726. The lowest BCUT2D eigenvalue weighted by Crippen LogP contribution is -2.46. The van der Waals surface area contributed by atoms with Gasteiger partial charge in [0, 0.05) is 6.54 Å². The van der Waals surface area contributed by atoms with Crippen LogP contribution in [0.15, 0.2) is 0 Å². The summed E-state index contributed by atoms with van der Waals surface area (Å²) >= 11 is 1.74. The molecule has 0 aromatic rings. The Balaban J connectivity index is 3.90. The summed E-state index contributed by atoms with van der Waals surface area (Å²) in [6.07, 6.45) is 2.37. The van der Waals surface area contributed by atoms with Gasteiger partial charge in [-0.25, -0.2) is 4.79 Å². The second-order valence-electron chi connectivity index (χ2n) is 5.01. The van der Waals surface area contributed by atoms with E-state index in [9.17, 15) is 9.59 Å². The molecule has 0 heterocycles. The minimum atomic E-state index is -0.589. The van der Waals surface area contributed by atoms with E-state index in [0.29, 0.717) is 6.54 Å². The summed E-state index contributed by atoms with van der Waals surface area (Å²) in [5.74, 6) is 0.815. The van der Waals surface area contributed by atoms with E-state index in [1.807, 2.05) is 6.26 Å². The van der Waals surface area contributed by atoms with E-state index in [-0.39, 0.29) is 5.91 Å². The Labute approximate surface area is 113 Å². The molecule has 0 bridgehead atoms. The summed E-state index contributed by atoms with van der Waals surface area (Å²) in [4.78, 5) is 23.1. The van der Waals surface area contributed by atoms with Crippen molar-refractivity contribution in [3.63, 3.8) is 0 Å². The van der Waals surface area contributed by atoms with Gasteiger partial charge in [-0.05, 0) is 46.1 Å². The first kappa shape index (κ1) is 17.1. The molecular weight excluding hydrogens is 252 g/mol. The van der Waals surface area contributed by atoms with E-state index >= 15 is 0 Å². The lowest BCUT2D eigenvalue weighted by atomic mass is 10.2. The molecule has 106 valence electrons. The Morgan fingerprint density at radius 3 is 2.44 bits per heavy atom. The fourth-order valence-corrected chi connectivity index (χ4v) is 1.56. The smallest absolute Gasteiger partial charge is 0.408 e. The average molecular weight is 276 g/mol. The summed E-state index contributed by atoms with van der Waals surface area (Å²) in [6.45, 7) is 7.59. The number of carbonyl (C=O) groups is 2. The predicted octanol–water partition coefficient (Wildman–Crippen LogP) is 1.77. The summed E-state index contributed by atoms with van der Waals surface area (Å²) in [6, 6.07) is -0.589. The first-order chi connectivity index (χ1) is 8.26. The van der Waals surface area contributed by atoms with Gasteiger partial charge in [-0.15, -0.1) is 0 Å². The largest absolute Gasteiger partial charge is 0.444 e. The minimum Gasteiger partial charge on any atom is -0.444 e. The van der Waals surface area contributed by atoms with Gasteiger partial charge < -0.3 is 15.4 Å². The van der Waals surface area contributed by atoms with Crippen LogP contribution in [0.25, 0.3) is 0 Å². The van der Waals surface area contributed by atoms with Crippen LogP contribution in [0.2, 0.25) is 0 Å². The number of amides is 2. The van der Waals surface area contributed by atoms with Crippen molar-refractivity contribution >= 4 is 23.8 Å². The lowest BCUT2D eigenvalue weighted by Gasteiger charge is -2.21. The summed E-state index contributed by atoms with van der Waals surface area (Å²) in [7, 11) is 0. The molecule has 18 heavy (non-hydrogen) atoms. The van der Waals surface area contributed by atoms with Crippen LogP contribution in [0, 0.1) is 0 Å². The van der Waals surface area contributed by atoms with Crippen molar-refractivity contribution in [3.8, 4) is 0 Å². The van der Waals surface area contributed by atoms with Gasteiger partial charge >= 0.3 is 6.09 Å². The summed E-state index contributed by atoms with van der Waals surface area (Å²) in [5, 5.41) is 5.26. The number of ether oxygens (including phenoxy) is 1. The Bertz CT molecular complexity index is 277. The van der Waals surface area contributed by atoms with Crippen molar-refractivity contribution in [1.82, 2.24) is 10.6 Å². The van der Waals surface area contributed by atoms with E-state index in [1.54, 1.807) is 39.5 Å². The molecule has 0 aliphatic rings. The van der Waals surface area contributed by atoms with Crippen molar-refractivity contribution in [2.24, 2.45) is 0 Å². The molecule has 0 saturated heterocycles. The van der Waals surface area contributed by atoms with Gasteiger partial charge in [0.2, 0.25) is 5.91 Å². The van der Waals surface area contributed by atoms with Gasteiger partial charge in [-0.2, -0.15) is 11.8 Å². The van der Waals surface area contributed by atoms with Gasteiger partial charge in [0.05, 0.1) is 0 Å². The molecule has 5 nitrogen and oxygen atoms in total. The molecule has 0 spiro atoms. The maximum absolute atomic E-state index is 11.6. The van der Waals surface area contributed by atoms with E-state index in [1.165, 1.54) is 0 Å². The topological polar surface area (TPSA) is 67.4 Å². The van der Waals surface area contributed by atoms with E-state index in [2.05, 4.69) is 10.6 Å². The van der Waals surface area contributed by atoms with E-state index < -0.39 is 17.7 Å². The highest BCUT2D eigenvalue weighted by Gasteiger charge is 2.20. The van der Waals surface area contributed by atoms with Crippen LogP contribution in [0.3, 0.4) is 0 Å². The summed E-state index contributed by atoms with van der Waals surface area (Å²) in [5.41, 5.74) is -0.557. The lowest BCUT2D eigenvalue weighted by molar-refractivity contribution is -0.122. The van der Waals surface area contributed by atoms with Crippen LogP contribution in [-0.4, -0.2) is 42.2 Å². The number of carbonyl (C=O) groups excluding carboxylic acids is 2. The number of nitrogens with one attached hydrogen (secondary N) is 2. The highest BCUT2D eigenvalue weighted by Crippen LogP contribution is 2.06. The second kappa shape index (κ2) is 8.24. The molecule has 6 heteroatoms. The molecule has 2 amide bonds. The molecule has 1 unspecified atom stereocenters. The first-order valence-corrected chi connectivity index (χ1v) is 7.42. The number of thioether (sulfide) groups is 1. The Kier molecular flexibility index (Phi) is 7.82. The second-order valence-corrected chi connectivity index (χ2v) is 5.99. The third kappa shape index (κ3) is 9.15. The molecular formula is C12H24N2O3S. The van der Waals surface area contributed by atoms with Crippen molar-refractivity contribution < 1.29 is 14.3 Å². The molecule has 0 radical (unpaired) electrons. The van der Waals surface area contributed by atoms with Crippen molar-refractivity contribution in [2.45, 2.75) is 45.8 Å². The standard InChI is InChI=1S/C12H24N2O3S/c1-9(10(15)13-7-6-8-18-5)14-11(16)17-12(2,3)4/h9H,6-8H2,1-5H3,(H,13,15)(H,14,16). The maximum Gasteiger partial charge on any atom is 0.408 e. The monoisotopic (exact) mass is 276 g/mol. The SMILES string of the molecule is CSCCCNC(=O)C(C)NC(=O)OC(C)(C)C. The van der Waals surface area contributed by atoms with E-state index in [0.717, 1.165) is 12.2 Å². The number of alkyl carbamates (subject to hydrolysis) is 1. The third-order valence-corrected chi connectivity index (χ3v) is 2.65. The fourth-order valence-electron chi connectivity index (χ4n) is 1.13. The van der Waals surface area contributed by atoms with Crippen molar-refractivity contribution in [2.75, 3.05) is 18.6 Å². The molecule has 0 fully saturated rings. The van der Waals surface area contributed by atoms with Crippen LogP contribution >= 0.6 is 11.8 Å². The molecule has 0 saturated carbocycles. The molecule has 0 aromatic carbocycles. The Hall–Kier alpha value is -0.910. The number of hydrogen-bond donors (Lipinski definition) is 2. The average Bonchev–Trinajstić information content (AvgIpc) is 2.21. The zero-order chi connectivity index (χ0) is 14.2. The van der Waals surface area contributed by atoms with Crippen LogP contribution in [0.5, 0.6) is 0 Å². The minimum absolute atomic E-state index is 0.193. The van der Waals surface area contributed by atoms with Crippen molar-refractivity contribution in [1.29, 1.82) is 0 Å². The predicted molar refractivity (Wildman–Crippen MR) is 74.8 cm³/mol. The molecule has 1 atom stereocenters. The van der Waals surface area contributed by atoms with Crippen LogP contribution in [-0.2, 0) is 9.53 Å². The Morgan fingerprint density at radius 1 is 1.33 bits per heavy atom. The first-order valence-electron chi connectivity index (χ1n) is 6.02. The van der Waals surface area contributed by atoms with Crippen molar-refractivity contribution in [3.05, 3.63) is 0 Å². The van der Waals surface area contributed by atoms with Gasteiger partial charge in [0.1, 0.15) is 11.6 Å². The summed E-state index contributed by atoms with van der Waals surface area (Å²) < 4.78 is 5.07. The van der Waals surface area contributed by atoms with E-state index in [4.69, 9.17) is 4.74 Å². The molecule has 2 N–H and O–H groups in total. The normalized spacial score (nSPS) is 12.7. The number of rotatable bonds is 6. The molecule has 0 aliphatic heterocycles. The van der Waals surface area contributed by atoms with Crippen LogP contribution in [0.4, 0.5) is 4.79 Å². The fraction of sp³-hybridized carbons (Fsp3) is 0.833. The molecule has 0 aromatic heterocycles. The maximum atomic E-state index is 11.6. The van der Waals surface area contributed by atoms with Gasteiger partial charge in [-0.1, -0.05) is 0 Å². The van der Waals surface area contributed by atoms with Crippen LogP contribution in [0.1, 0.15) is 34.1 Å². The van der Waals surface area contributed by atoms with Gasteiger partial charge in [0.25, 0.3) is 0 Å². The van der Waals surface area contributed by atoms with Gasteiger partial charge in [-0.3, -0.25) is 4.79 Å². The number of hydrogen-bond acceptors (Lipinski definition) is 4. The molecule has 0 rings (SSSR count). The Morgan fingerprint density at radius 2 is 1.94 bits per heavy atom. The third-order valence-electron chi connectivity index (χ3n) is 1.95. The highest BCUT2D eigenvalue weighted by molar-refractivity contribution is 7.98. The zero-order valence-corrected chi connectivity index (χ0v) is 12.6. The molecule has 0 aliphatic carbocycles. The van der Waals surface area contributed by atoms with Gasteiger partial charge in [0.15, 0.2) is 0 Å². The van der Waals surface area contributed by atoms with Crippen LogP contribution < -0.4 is 10.6 Å². The zero-order valence-electron chi connectivity index (χ0n) is 11.8.